The van der Waals surface area contributed by atoms with E-state index in [0.717, 1.165) is 111 Å². The molecule has 14 heteroatoms. The fraction of sp³-hybridized carbons (Fsp3) is 0.286. The van der Waals surface area contributed by atoms with Crippen LogP contribution in [-0.2, 0) is 16.6 Å². The Morgan fingerprint density at radius 3 is 1.69 bits per heavy atom. The smallest absolute Gasteiger partial charge is 0.252 e. The van der Waals surface area contributed by atoms with Crippen LogP contribution < -0.4 is 31.2 Å². The summed E-state index contributed by atoms with van der Waals surface area (Å²) in [5.41, 5.74) is 14.4. The van der Waals surface area contributed by atoms with Crippen LogP contribution in [0.3, 0.4) is 0 Å². The lowest BCUT2D eigenvalue weighted by Gasteiger charge is -2.25. The monoisotopic (exact) mass is 1290 g/mol. The summed E-state index contributed by atoms with van der Waals surface area (Å²) in [4.78, 5) is 52.5. The van der Waals surface area contributed by atoms with Gasteiger partial charge >= 0.3 is 0 Å². The van der Waals surface area contributed by atoms with Gasteiger partial charge in [-0.2, -0.15) is 0 Å². The summed E-state index contributed by atoms with van der Waals surface area (Å²) in [6.07, 6.45) is 4.73. The first-order valence-electron chi connectivity index (χ1n) is 28.8. The maximum atomic E-state index is 15.1. The van der Waals surface area contributed by atoms with E-state index < -0.39 is 16.6 Å². The van der Waals surface area contributed by atoms with E-state index in [1.54, 1.807) is 18.3 Å². The summed E-state index contributed by atoms with van der Waals surface area (Å²) in [5.74, 6) is 0.403. The van der Waals surface area contributed by atoms with Gasteiger partial charge in [-0.15, -0.1) is 0 Å². The molecule has 0 aliphatic heterocycles. The highest BCUT2D eigenvalue weighted by atomic mass is 127. The number of nitrogens with one attached hydrogen (secondary N) is 3. The number of ether oxygens (including phenoxy) is 2. The van der Waals surface area contributed by atoms with E-state index in [1.807, 2.05) is 78.1 Å². The van der Waals surface area contributed by atoms with Crippen LogP contribution in [0, 0.1) is 24.3 Å². The number of halogens is 2. The summed E-state index contributed by atoms with van der Waals surface area (Å²) in [6.45, 7) is 8.17. The molecule has 0 bridgehead atoms. The summed E-state index contributed by atoms with van der Waals surface area (Å²) in [5, 5.41) is 17.1. The minimum absolute atomic E-state index is 0.0501. The molecule has 0 spiro atoms. The van der Waals surface area contributed by atoms with Crippen molar-refractivity contribution in [1.82, 2.24) is 30.7 Å². The first kappa shape index (κ1) is 57.1. The summed E-state index contributed by atoms with van der Waals surface area (Å²) >= 11 is 5.92. The molecule has 3 aliphatic rings. The number of carbonyl (C=O) groups is 3. The number of nitrogens with two attached hydrogens (primary N) is 1. The van der Waals surface area contributed by atoms with Crippen LogP contribution in [0.5, 0.6) is 11.6 Å². The second-order valence-electron chi connectivity index (χ2n) is 23.9. The van der Waals surface area contributed by atoms with Crippen LogP contribution in [0.15, 0.2) is 156 Å². The average Bonchev–Trinajstić information content (AvgIpc) is 1.73. The predicted octanol–water partition coefficient (Wildman–Crippen LogP) is 13.3. The number of aryl methyl sites for hydroxylation is 3. The molecule has 1 aromatic heterocycles. The number of fused-ring (bicyclic) bond motifs is 3. The van der Waals surface area contributed by atoms with Gasteiger partial charge in [0, 0.05) is 63.1 Å². The topological polar surface area (TPSA) is 151 Å². The first-order chi connectivity index (χ1) is 40.4. The van der Waals surface area contributed by atoms with Gasteiger partial charge < -0.3 is 41.0 Å². The Balaban J connectivity index is 0.904. The number of nitrogen functional groups attached to an aromatic ring is 1. The molecule has 8 aromatic carbocycles. The largest absolute Gasteiger partial charge is 0.491 e. The van der Waals surface area contributed by atoms with Crippen molar-refractivity contribution in [1.29, 1.82) is 0 Å². The van der Waals surface area contributed by atoms with Crippen LogP contribution >= 0.6 is 38.5 Å². The number of carbonyl (C=O) groups excluding carboxylic acids is 3. The molecular weight excluding hydrogens is 1230 g/mol. The number of aromatic nitrogens is 1. The normalized spacial score (nSPS) is 19.4. The van der Waals surface area contributed by atoms with Gasteiger partial charge in [0.2, 0.25) is 5.88 Å². The third kappa shape index (κ3) is 10.9. The van der Waals surface area contributed by atoms with E-state index in [4.69, 9.17) is 15.2 Å². The van der Waals surface area contributed by atoms with Crippen molar-refractivity contribution < 1.29 is 23.9 Å². The van der Waals surface area contributed by atoms with E-state index in [2.05, 4.69) is 174 Å². The van der Waals surface area contributed by atoms with E-state index in [0.29, 0.717) is 60.1 Å². The minimum atomic E-state index is -0.786. The molecule has 4 atom stereocenters. The fourth-order valence-electron chi connectivity index (χ4n) is 12.6. The zero-order valence-electron chi connectivity index (χ0n) is 48.5. The summed E-state index contributed by atoms with van der Waals surface area (Å²) in [6, 6.07) is 50.2. The zero-order chi connectivity index (χ0) is 58.8. The number of pyridine rings is 1. The average molecular weight is 1300 g/mol. The summed E-state index contributed by atoms with van der Waals surface area (Å²) < 4.78 is 14.0. The van der Waals surface area contributed by atoms with Crippen molar-refractivity contribution >= 4 is 94.2 Å². The molecule has 84 heavy (non-hydrogen) atoms. The highest BCUT2D eigenvalue weighted by Gasteiger charge is 2.60. The second kappa shape index (κ2) is 22.6. The van der Waals surface area contributed by atoms with Crippen molar-refractivity contribution in [3.05, 3.63) is 221 Å². The van der Waals surface area contributed by atoms with Crippen molar-refractivity contribution in [2.75, 3.05) is 60.2 Å². The highest BCUT2D eigenvalue weighted by Crippen LogP contribution is 2.63. The Bertz CT molecular complexity index is 4120. The first-order valence-corrected chi connectivity index (χ1v) is 30.6. The minimum Gasteiger partial charge on any atom is -0.491 e. The molecule has 4 unspecified atom stereocenters. The van der Waals surface area contributed by atoms with E-state index >= 15 is 4.79 Å². The van der Waals surface area contributed by atoms with Gasteiger partial charge in [0.25, 0.3) is 17.7 Å². The number of rotatable bonds is 19. The van der Waals surface area contributed by atoms with Gasteiger partial charge in [-0.05, 0) is 214 Å². The van der Waals surface area contributed by atoms with Crippen molar-refractivity contribution in [2.45, 2.75) is 74.9 Å². The van der Waals surface area contributed by atoms with Crippen molar-refractivity contribution in [3.8, 4) is 11.6 Å². The van der Waals surface area contributed by atoms with Crippen molar-refractivity contribution in [3.63, 3.8) is 0 Å². The number of hydrogen-bond acceptors (Lipinski definition) is 9. The third-order valence-corrected chi connectivity index (χ3v) is 19.2. The molecule has 3 amide bonds. The van der Waals surface area contributed by atoms with E-state index in [9.17, 15) is 9.59 Å². The number of benzene rings is 8. The molecule has 0 saturated heterocycles. The Morgan fingerprint density at radius 1 is 0.583 bits per heavy atom. The van der Waals surface area contributed by atoms with Crippen LogP contribution in [0.25, 0.3) is 32.3 Å². The number of amides is 3. The maximum Gasteiger partial charge on any atom is 0.252 e. The number of hydrogen-bond donors (Lipinski definition) is 4. The lowest BCUT2D eigenvalue weighted by atomic mass is 9.89. The molecule has 1 heterocycles. The van der Waals surface area contributed by atoms with Crippen LogP contribution in [-0.4, -0.2) is 87.0 Å². The maximum absolute atomic E-state index is 15.1. The second-order valence-corrected chi connectivity index (χ2v) is 25.9. The van der Waals surface area contributed by atoms with E-state index in [-0.39, 0.29) is 29.6 Å². The highest BCUT2D eigenvalue weighted by molar-refractivity contribution is 14.1. The van der Waals surface area contributed by atoms with Crippen molar-refractivity contribution in [2.24, 2.45) is 0 Å². The van der Waals surface area contributed by atoms with Crippen LogP contribution in [0.1, 0.15) is 113 Å². The number of anilines is 1. The fourth-order valence-corrected chi connectivity index (χ4v) is 13.8. The Labute approximate surface area is 513 Å². The lowest BCUT2D eigenvalue weighted by molar-refractivity contribution is 0.0919. The lowest BCUT2D eigenvalue weighted by Crippen LogP contribution is -2.37. The Hall–Kier alpha value is -7.37. The van der Waals surface area contributed by atoms with Crippen LogP contribution in [0.4, 0.5) is 5.69 Å². The molecule has 0 radical (unpaired) electrons. The van der Waals surface area contributed by atoms with Gasteiger partial charge in [0.1, 0.15) is 19.0 Å². The van der Waals surface area contributed by atoms with Gasteiger partial charge in [0.15, 0.2) is 0 Å². The van der Waals surface area contributed by atoms with Crippen LogP contribution in [0.2, 0.25) is 0 Å². The van der Waals surface area contributed by atoms with Gasteiger partial charge in [0.05, 0.1) is 21.1 Å². The number of likely N-dealkylation sites (N-methyl/N-ethyl adjacent to an activating group) is 2. The third-order valence-electron chi connectivity index (χ3n) is 17.6. The summed E-state index contributed by atoms with van der Waals surface area (Å²) in [7, 11) is 8.00. The standard InChI is InChI=1S/C70H69BrIN7O5/c1-41-31-60(71)63(83-29-27-78(4)5)36-53(41)66(81)76-70(39-59(70)47-21-23-50-45(33-47)15-11-18-55(50)68(25-26-68)75-65(80)52-35-62(73)61(72)32-42(52)2)57-20-12-16-46-34-48(22-24-51(46)57)58-38-69(58,56-19-10-14-44-13-8-9-17-49(44)56)77-67(82)54-37-64(74-40-43(54)3)84-30-28-79(6)7/h8-24,31-37,40,58-59H,25-30,38-39,73H2,1-7H3,(H,75,80)(H,76,81)(H,77,82). The molecular formula is C70H69BrIN7O5. The molecule has 12 nitrogen and oxygen atoms in total. The molecule has 3 fully saturated rings. The Morgan fingerprint density at radius 2 is 1.08 bits per heavy atom. The molecule has 428 valence electrons. The quantitative estimate of drug-likeness (QED) is 0.0458. The van der Waals surface area contributed by atoms with Gasteiger partial charge in [-0.25, -0.2) is 4.98 Å². The Kier molecular flexibility index (Phi) is 15.3. The predicted molar refractivity (Wildman–Crippen MR) is 347 cm³/mol. The van der Waals surface area contributed by atoms with E-state index in [1.165, 1.54) is 0 Å². The molecule has 9 aromatic rings. The zero-order valence-corrected chi connectivity index (χ0v) is 52.2. The number of nitrogens with zero attached hydrogens (tertiary/aromatic N) is 3. The molecule has 3 aliphatic carbocycles. The SMILES string of the molecule is Cc1cc(I)c(N)cc1C(=O)NC1(c2cccc3cc(C4CC4(NC(=O)c4cc(OCCN(C)C)c(Br)cc4C)c4cccc5cc(C6CC6(NC(=O)c6cc(OCCN(C)C)ncc6C)c6cccc7ccccc67)ccc45)ccc23)CC1. The molecule has 5 N–H and O–H groups in total. The molecule has 12 rings (SSSR count). The van der Waals surface area contributed by atoms with Gasteiger partial charge in [-0.3, -0.25) is 14.4 Å². The molecule has 3 saturated carbocycles. The van der Waals surface area contributed by atoms with Gasteiger partial charge in [-0.1, -0.05) is 115 Å².